The van der Waals surface area contributed by atoms with E-state index in [1.165, 1.54) is 0 Å². The quantitative estimate of drug-likeness (QED) is 0.877. The standard InChI is InChI=1S/C15H18N6/c1-3-4-8-21(2)14-11-17-20-15(19-14)18-13-7-5-6-12(9-13)10-16/h5-7,9,11H,3-4,8H2,1-2H3,(H,18,19,20). The van der Waals surface area contributed by atoms with Gasteiger partial charge in [0.15, 0.2) is 5.82 Å². The zero-order valence-electron chi connectivity index (χ0n) is 12.2. The Morgan fingerprint density at radius 2 is 2.24 bits per heavy atom. The Labute approximate surface area is 124 Å². The molecule has 0 aliphatic heterocycles. The summed E-state index contributed by atoms with van der Waals surface area (Å²) in [5.74, 6) is 1.20. The van der Waals surface area contributed by atoms with E-state index in [-0.39, 0.29) is 0 Å². The Morgan fingerprint density at radius 1 is 1.38 bits per heavy atom. The fourth-order valence-corrected chi connectivity index (χ4v) is 1.84. The maximum atomic E-state index is 8.90. The minimum Gasteiger partial charge on any atom is -0.358 e. The molecule has 6 nitrogen and oxygen atoms in total. The van der Waals surface area contributed by atoms with E-state index in [0.717, 1.165) is 30.9 Å². The summed E-state index contributed by atoms with van der Waals surface area (Å²) >= 11 is 0. The van der Waals surface area contributed by atoms with Gasteiger partial charge in [-0.2, -0.15) is 15.3 Å². The zero-order chi connectivity index (χ0) is 15.1. The van der Waals surface area contributed by atoms with Crippen molar-refractivity contribution in [1.82, 2.24) is 15.2 Å². The Morgan fingerprint density at radius 3 is 3.00 bits per heavy atom. The predicted octanol–water partition coefficient (Wildman–Crippen LogP) is 2.72. The van der Waals surface area contributed by atoms with Gasteiger partial charge in [-0.1, -0.05) is 19.4 Å². The molecule has 2 rings (SSSR count). The Balaban J connectivity index is 2.12. The largest absolute Gasteiger partial charge is 0.358 e. The highest BCUT2D eigenvalue weighted by atomic mass is 15.3. The van der Waals surface area contributed by atoms with E-state index in [1.807, 2.05) is 19.2 Å². The topological polar surface area (TPSA) is 77.7 Å². The number of nitrogens with one attached hydrogen (secondary N) is 1. The minimum absolute atomic E-state index is 0.422. The van der Waals surface area contributed by atoms with E-state index >= 15 is 0 Å². The van der Waals surface area contributed by atoms with Crippen LogP contribution in [-0.2, 0) is 0 Å². The Hall–Kier alpha value is -2.68. The summed E-state index contributed by atoms with van der Waals surface area (Å²) in [6, 6.07) is 9.27. The third kappa shape index (κ3) is 4.14. The van der Waals surface area contributed by atoms with Crippen molar-refractivity contribution < 1.29 is 0 Å². The van der Waals surface area contributed by atoms with Gasteiger partial charge in [0.1, 0.15) is 0 Å². The molecule has 21 heavy (non-hydrogen) atoms. The van der Waals surface area contributed by atoms with Gasteiger partial charge in [-0.25, -0.2) is 0 Å². The minimum atomic E-state index is 0.422. The monoisotopic (exact) mass is 282 g/mol. The number of unbranched alkanes of at least 4 members (excludes halogenated alkanes) is 1. The first-order valence-corrected chi connectivity index (χ1v) is 6.91. The molecule has 1 N–H and O–H groups in total. The number of hydrogen-bond acceptors (Lipinski definition) is 6. The summed E-state index contributed by atoms with van der Waals surface area (Å²) in [5.41, 5.74) is 1.35. The molecule has 0 atom stereocenters. The highest BCUT2D eigenvalue weighted by Gasteiger charge is 2.06. The van der Waals surface area contributed by atoms with Gasteiger partial charge in [0.2, 0.25) is 5.95 Å². The number of nitriles is 1. The lowest BCUT2D eigenvalue weighted by atomic mass is 10.2. The lowest BCUT2D eigenvalue weighted by molar-refractivity contribution is 0.754. The molecule has 1 aromatic carbocycles. The molecule has 0 unspecified atom stereocenters. The first-order chi connectivity index (χ1) is 10.2. The predicted molar refractivity (Wildman–Crippen MR) is 82.4 cm³/mol. The SMILES string of the molecule is CCCCN(C)c1cnnc(Nc2cccc(C#N)c2)n1. The Bertz CT molecular complexity index is 634. The van der Waals surface area contributed by atoms with Crippen LogP contribution in [0.15, 0.2) is 30.5 Å². The molecule has 6 heteroatoms. The van der Waals surface area contributed by atoms with E-state index in [1.54, 1.807) is 18.3 Å². The van der Waals surface area contributed by atoms with Gasteiger partial charge in [0.05, 0.1) is 17.8 Å². The lowest BCUT2D eigenvalue weighted by Gasteiger charge is -2.17. The molecule has 0 aliphatic carbocycles. The third-order valence-corrected chi connectivity index (χ3v) is 3.03. The van der Waals surface area contributed by atoms with Gasteiger partial charge < -0.3 is 10.2 Å². The molecule has 0 saturated carbocycles. The molecule has 0 fully saturated rings. The lowest BCUT2D eigenvalue weighted by Crippen LogP contribution is -2.20. The summed E-state index contributed by atoms with van der Waals surface area (Å²) in [7, 11) is 1.99. The summed E-state index contributed by atoms with van der Waals surface area (Å²) in [6.45, 7) is 3.08. The molecule has 0 amide bonds. The first-order valence-electron chi connectivity index (χ1n) is 6.91. The summed E-state index contributed by atoms with van der Waals surface area (Å²) in [5, 5.41) is 19.9. The Kier molecular flexibility index (Phi) is 5.04. The number of rotatable bonds is 6. The molecule has 1 aromatic heterocycles. The highest BCUT2D eigenvalue weighted by molar-refractivity contribution is 5.56. The smallest absolute Gasteiger partial charge is 0.249 e. The second kappa shape index (κ2) is 7.20. The number of aromatic nitrogens is 3. The number of hydrogen-bond donors (Lipinski definition) is 1. The van der Waals surface area contributed by atoms with Crippen LogP contribution >= 0.6 is 0 Å². The molecule has 0 aliphatic rings. The average Bonchev–Trinajstić information content (AvgIpc) is 2.53. The fourth-order valence-electron chi connectivity index (χ4n) is 1.84. The molecule has 0 spiro atoms. The van der Waals surface area contributed by atoms with Crippen LogP contribution in [0, 0.1) is 11.3 Å². The fraction of sp³-hybridized carbons (Fsp3) is 0.333. The first kappa shape index (κ1) is 14.7. The summed E-state index contributed by atoms with van der Waals surface area (Å²) < 4.78 is 0. The van der Waals surface area contributed by atoms with E-state index < -0.39 is 0 Å². The van der Waals surface area contributed by atoms with E-state index in [9.17, 15) is 0 Å². The van der Waals surface area contributed by atoms with Crippen molar-refractivity contribution >= 4 is 17.5 Å². The van der Waals surface area contributed by atoms with Crippen LogP contribution in [0.3, 0.4) is 0 Å². The van der Waals surface area contributed by atoms with Crippen LogP contribution < -0.4 is 10.2 Å². The van der Waals surface area contributed by atoms with Crippen molar-refractivity contribution in [3.63, 3.8) is 0 Å². The second-order valence-corrected chi connectivity index (χ2v) is 4.73. The summed E-state index contributed by atoms with van der Waals surface area (Å²) in [4.78, 5) is 6.49. The molecule has 2 aromatic rings. The average molecular weight is 282 g/mol. The van der Waals surface area contributed by atoms with Gasteiger partial charge in [-0.05, 0) is 24.6 Å². The molecule has 108 valence electrons. The normalized spacial score (nSPS) is 9.95. The maximum absolute atomic E-state index is 8.90. The van der Waals surface area contributed by atoms with Crippen LogP contribution in [0.2, 0.25) is 0 Å². The molecule has 0 bridgehead atoms. The van der Waals surface area contributed by atoms with Gasteiger partial charge in [-0.15, -0.1) is 5.10 Å². The molecular formula is C15H18N6. The number of benzene rings is 1. The molecular weight excluding hydrogens is 264 g/mol. The van der Waals surface area contributed by atoms with Crippen molar-refractivity contribution in [3.8, 4) is 6.07 Å². The van der Waals surface area contributed by atoms with Crippen molar-refractivity contribution in [2.75, 3.05) is 23.8 Å². The molecule has 1 heterocycles. The van der Waals surface area contributed by atoms with Gasteiger partial charge in [0.25, 0.3) is 0 Å². The van der Waals surface area contributed by atoms with Crippen molar-refractivity contribution in [1.29, 1.82) is 5.26 Å². The molecule has 0 saturated heterocycles. The highest BCUT2D eigenvalue weighted by Crippen LogP contribution is 2.16. The van der Waals surface area contributed by atoms with Crippen LogP contribution in [0.4, 0.5) is 17.5 Å². The molecule has 0 radical (unpaired) electrons. The van der Waals surface area contributed by atoms with Crippen molar-refractivity contribution in [2.45, 2.75) is 19.8 Å². The van der Waals surface area contributed by atoms with E-state index in [4.69, 9.17) is 5.26 Å². The van der Waals surface area contributed by atoms with Crippen molar-refractivity contribution in [2.24, 2.45) is 0 Å². The van der Waals surface area contributed by atoms with Crippen molar-refractivity contribution in [3.05, 3.63) is 36.0 Å². The second-order valence-electron chi connectivity index (χ2n) is 4.73. The number of anilines is 3. The van der Waals surface area contributed by atoms with Crippen LogP contribution in [0.25, 0.3) is 0 Å². The van der Waals surface area contributed by atoms with Crippen LogP contribution in [0.5, 0.6) is 0 Å². The van der Waals surface area contributed by atoms with Crippen LogP contribution in [-0.4, -0.2) is 28.8 Å². The third-order valence-electron chi connectivity index (χ3n) is 3.03. The summed E-state index contributed by atoms with van der Waals surface area (Å²) in [6.07, 6.45) is 3.88. The number of nitrogens with zero attached hydrogens (tertiary/aromatic N) is 5. The van der Waals surface area contributed by atoms with Crippen LogP contribution in [0.1, 0.15) is 25.3 Å². The van der Waals surface area contributed by atoms with Gasteiger partial charge in [-0.3, -0.25) is 0 Å². The zero-order valence-corrected chi connectivity index (χ0v) is 12.2. The van der Waals surface area contributed by atoms with Gasteiger partial charge in [0, 0.05) is 19.3 Å². The van der Waals surface area contributed by atoms with Gasteiger partial charge >= 0.3 is 0 Å². The van der Waals surface area contributed by atoms with E-state index in [0.29, 0.717) is 11.5 Å². The maximum Gasteiger partial charge on any atom is 0.249 e. The van der Waals surface area contributed by atoms with E-state index in [2.05, 4.69) is 38.4 Å².